The Balaban J connectivity index is 2.88. The second-order valence-corrected chi connectivity index (χ2v) is 5.87. The van der Waals surface area contributed by atoms with Crippen molar-refractivity contribution in [2.24, 2.45) is 5.41 Å². The van der Waals surface area contributed by atoms with E-state index >= 15 is 0 Å². The molecule has 0 aromatic heterocycles. The van der Waals surface area contributed by atoms with E-state index < -0.39 is 11.0 Å². The topological polar surface area (TPSA) is 35.5 Å². The molecule has 0 saturated heterocycles. The maximum atomic E-state index is 12.2. The highest BCUT2D eigenvalue weighted by Gasteiger charge is 2.33. The van der Waals surface area contributed by atoms with Gasteiger partial charge in [-0.1, -0.05) is 19.1 Å². The number of ether oxygens (including phenoxy) is 2. The fourth-order valence-electron chi connectivity index (χ4n) is 1.57. The van der Waals surface area contributed by atoms with Crippen molar-refractivity contribution in [2.45, 2.75) is 46.6 Å². The minimum atomic E-state index is -0.643. The fourth-order valence-corrected chi connectivity index (χ4v) is 1.57. The third-order valence-electron chi connectivity index (χ3n) is 3.57. The molecule has 106 valence electrons. The SMILES string of the molecule is CCC(C)(C)C(=O)OC(C)(C)c1ccc(OC)cc1. The van der Waals surface area contributed by atoms with Crippen molar-refractivity contribution >= 4 is 5.97 Å². The first-order chi connectivity index (χ1) is 8.73. The molecule has 0 radical (unpaired) electrons. The molecular weight excluding hydrogens is 240 g/mol. The number of hydrogen-bond donors (Lipinski definition) is 0. The van der Waals surface area contributed by atoms with E-state index in [9.17, 15) is 4.79 Å². The van der Waals surface area contributed by atoms with E-state index in [2.05, 4.69) is 0 Å². The third-order valence-corrected chi connectivity index (χ3v) is 3.57. The van der Waals surface area contributed by atoms with Crippen LogP contribution in [0.2, 0.25) is 0 Å². The summed E-state index contributed by atoms with van der Waals surface area (Å²) < 4.78 is 10.8. The molecule has 0 N–H and O–H groups in total. The van der Waals surface area contributed by atoms with Crippen LogP contribution in [0, 0.1) is 5.41 Å². The zero-order chi connectivity index (χ0) is 14.7. The van der Waals surface area contributed by atoms with E-state index in [-0.39, 0.29) is 5.97 Å². The first-order valence-corrected chi connectivity index (χ1v) is 6.61. The lowest BCUT2D eigenvalue weighted by Crippen LogP contribution is -2.33. The average Bonchev–Trinajstić information content (AvgIpc) is 2.38. The summed E-state index contributed by atoms with van der Waals surface area (Å²) in [5.74, 6) is 0.621. The highest BCUT2D eigenvalue weighted by atomic mass is 16.6. The second kappa shape index (κ2) is 5.64. The van der Waals surface area contributed by atoms with E-state index in [0.29, 0.717) is 0 Å². The maximum Gasteiger partial charge on any atom is 0.312 e. The molecule has 0 amide bonds. The Bertz CT molecular complexity index is 430. The summed E-state index contributed by atoms with van der Waals surface area (Å²) in [7, 11) is 1.63. The number of hydrogen-bond acceptors (Lipinski definition) is 3. The Morgan fingerprint density at radius 1 is 1.11 bits per heavy atom. The van der Waals surface area contributed by atoms with Crippen LogP contribution in [0.3, 0.4) is 0 Å². The summed E-state index contributed by atoms with van der Waals surface area (Å²) in [6, 6.07) is 7.59. The summed E-state index contributed by atoms with van der Waals surface area (Å²) >= 11 is 0. The molecule has 0 aliphatic heterocycles. The van der Waals surface area contributed by atoms with Gasteiger partial charge in [0.25, 0.3) is 0 Å². The number of methoxy groups -OCH3 is 1. The third kappa shape index (κ3) is 3.72. The van der Waals surface area contributed by atoms with E-state index in [1.807, 2.05) is 58.9 Å². The Labute approximate surface area is 115 Å². The van der Waals surface area contributed by atoms with Gasteiger partial charge in [0, 0.05) is 0 Å². The molecule has 1 rings (SSSR count). The number of carbonyl (C=O) groups excluding carboxylic acids is 1. The molecule has 0 fully saturated rings. The van der Waals surface area contributed by atoms with Gasteiger partial charge < -0.3 is 9.47 Å². The van der Waals surface area contributed by atoms with Crippen LogP contribution in [0.25, 0.3) is 0 Å². The van der Waals surface area contributed by atoms with Crippen LogP contribution >= 0.6 is 0 Å². The Hall–Kier alpha value is -1.51. The van der Waals surface area contributed by atoms with Crippen LogP contribution in [-0.4, -0.2) is 13.1 Å². The molecule has 0 saturated carbocycles. The molecule has 19 heavy (non-hydrogen) atoms. The lowest BCUT2D eigenvalue weighted by Gasteiger charge is -2.30. The first-order valence-electron chi connectivity index (χ1n) is 6.61. The molecule has 0 aliphatic carbocycles. The van der Waals surface area contributed by atoms with E-state index in [0.717, 1.165) is 17.7 Å². The predicted octanol–water partition coefficient (Wildman–Crippen LogP) is 3.91. The van der Waals surface area contributed by atoms with Crippen LogP contribution in [0.4, 0.5) is 0 Å². The predicted molar refractivity (Wildman–Crippen MR) is 76.2 cm³/mol. The zero-order valence-corrected chi connectivity index (χ0v) is 12.7. The van der Waals surface area contributed by atoms with Gasteiger partial charge in [0.15, 0.2) is 0 Å². The van der Waals surface area contributed by atoms with Gasteiger partial charge in [-0.2, -0.15) is 0 Å². The van der Waals surface area contributed by atoms with E-state index in [4.69, 9.17) is 9.47 Å². The number of esters is 1. The molecule has 0 heterocycles. The monoisotopic (exact) mass is 264 g/mol. The highest BCUT2D eigenvalue weighted by molar-refractivity contribution is 5.76. The Morgan fingerprint density at radius 2 is 1.63 bits per heavy atom. The summed E-state index contributed by atoms with van der Waals surface area (Å²) in [6.45, 7) is 9.59. The molecule has 0 aliphatic rings. The quantitative estimate of drug-likeness (QED) is 0.756. The van der Waals surface area contributed by atoms with E-state index in [1.165, 1.54) is 0 Å². The van der Waals surface area contributed by atoms with Gasteiger partial charge in [0.2, 0.25) is 0 Å². The molecule has 0 unspecified atom stereocenters. The van der Waals surface area contributed by atoms with Crippen molar-refractivity contribution in [3.05, 3.63) is 29.8 Å². The van der Waals surface area contributed by atoms with E-state index in [1.54, 1.807) is 7.11 Å². The Morgan fingerprint density at radius 3 is 2.05 bits per heavy atom. The molecule has 0 spiro atoms. The highest BCUT2D eigenvalue weighted by Crippen LogP contribution is 2.31. The fraction of sp³-hybridized carbons (Fsp3) is 0.562. The molecule has 3 nitrogen and oxygen atoms in total. The van der Waals surface area contributed by atoms with Crippen LogP contribution in [0.5, 0.6) is 5.75 Å². The van der Waals surface area contributed by atoms with Gasteiger partial charge in [-0.05, 0) is 51.8 Å². The standard InChI is InChI=1S/C16H24O3/c1-7-15(2,3)14(17)19-16(4,5)12-8-10-13(18-6)11-9-12/h8-11H,7H2,1-6H3. The second-order valence-electron chi connectivity index (χ2n) is 5.87. The number of rotatable bonds is 5. The van der Waals surface area contributed by atoms with Crippen LogP contribution < -0.4 is 4.74 Å². The van der Waals surface area contributed by atoms with Gasteiger partial charge >= 0.3 is 5.97 Å². The summed E-state index contributed by atoms with van der Waals surface area (Å²) in [5.41, 5.74) is -0.145. The van der Waals surface area contributed by atoms with Gasteiger partial charge in [-0.3, -0.25) is 4.79 Å². The lowest BCUT2D eigenvalue weighted by atomic mass is 9.89. The maximum absolute atomic E-state index is 12.2. The molecule has 1 aromatic rings. The van der Waals surface area contributed by atoms with Crippen LogP contribution in [0.15, 0.2) is 24.3 Å². The number of benzene rings is 1. The van der Waals surface area contributed by atoms with Gasteiger partial charge in [0.05, 0.1) is 12.5 Å². The summed E-state index contributed by atoms with van der Waals surface area (Å²) in [6.07, 6.45) is 0.754. The minimum absolute atomic E-state index is 0.171. The van der Waals surface area contributed by atoms with Gasteiger partial charge in [-0.25, -0.2) is 0 Å². The molecule has 0 atom stereocenters. The van der Waals surface area contributed by atoms with Gasteiger partial charge in [-0.15, -0.1) is 0 Å². The molecule has 3 heteroatoms. The van der Waals surface area contributed by atoms with Crippen molar-refractivity contribution in [1.82, 2.24) is 0 Å². The summed E-state index contributed by atoms with van der Waals surface area (Å²) in [5, 5.41) is 0. The van der Waals surface area contributed by atoms with Crippen molar-refractivity contribution in [2.75, 3.05) is 7.11 Å². The zero-order valence-electron chi connectivity index (χ0n) is 12.7. The molecular formula is C16H24O3. The van der Waals surface area contributed by atoms with Gasteiger partial charge in [0.1, 0.15) is 11.4 Å². The number of carbonyl (C=O) groups is 1. The lowest BCUT2D eigenvalue weighted by molar-refractivity contribution is -0.168. The largest absolute Gasteiger partial charge is 0.497 e. The average molecular weight is 264 g/mol. The molecule has 0 bridgehead atoms. The van der Waals surface area contributed by atoms with Crippen molar-refractivity contribution in [3.8, 4) is 5.75 Å². The van der Waals surface area contributed by atoms with Crippen LogP contribution in [-0.2, 0) is 15.1 Å². The smallest absolute Gasteiger partial charge is 0.312 e. The molecule has 1 aromatic carbocycles. The summed E-state index contributed by atoms with van der Waals surface area (Å²) in [4.78, 5) is 12.2. The Kier molecular flexibility index (Phi) is 4.61. The van der Waals surface area contributed by atoms with Crippen molar-refractivity contribution in [3.63, 3.8) is 0 Å². The van der Waals surface area contributed by atoms with Crippen LogP contribution in [0.1, 0.15) is 46.6 Å². The van der Waals surface area contributed by atoms with Crippen molar-refractivity contribution < 1.29 is 14.3 Å². The minimum Gasteiger partial charge on any atom is -0.497 e. The van der Waals surface area contributed by atoms with Crippen molar-refractivity contribution in [1.29, 1.82) is 0 Å². The first kappa shape index (κ1) is 15.5. The normalized spacial score (nSPS) is 12.1.